The molecule has 1 fully saturated rings. The molecule has 17 heavy (non-hydrogen) atoms. The maximum absolute atomic E-state index is 5.76. The highest BCUT2D eigenvalue weighted by Gasteiger charge is 2.18. The Labute approximate surface area is 104 Å². The third kappa shape index (κ3) is 3.42. The van der Waals surface area contributed by atoms with Crippen molar-refractivity contribution < 1.29 is 0 Å². The Morgan fingerprint density at radius 2 is 2.12 bits per heavy atom. The van der Waals surface area contributed by atoms with E-state index in [0.29, 0.717) is 5.92 Å². The minimum absolute atomic E-state index is 0.673. The predicted octanol–water partition coefficient (Wildman–Crippen LogP) is 2.37. The van der Waals surface area contributed by atoms with Gasteiger partial charge in [-0.15, -0.1) is 0 Å². The molecule has 0 aromatic heterocycles. The van der Waals surface area contributed by atoms with E-state index in [4.69, 9.17) is 5.73 Å². The Bertz CT molecular complexity index is 358. The van der Waals surface area contributed by atoms with Crippen LogP contribution in [0, 0.1) is 5.92 Å². The van der Waals surface area contributed by atoms with E-state index in [1.807, 2.05) is 6.07 Å². The summed E-state index contributed by atoms with van der Waals surface area (Å²) in [6, 6.07) is 10.4. The lowest BCUT2D eigenvalue weighted by Gasteiger charge is -2.32. The number of benzene rings is 1. The van der Waals surface area contributed by atoms with Crippen LogP contribution in [-0.4, -0.2) is 31.1 Å². The van der Waals surface area contributed by atoms with E-state index in [1.54, 1.807) is 0 Å². The van der Waals surface area contributed by atoms with Gasteiger partial charge in [-0.1, -0.05) is 36.9 Å². The maximum Gasteiger partial charge on any atom is 0.0233 e. The Morgan fingerprint density at radius 3 is 2.82 bits per heavy atom. The first kappa shape index (κ1) is 12.3. The standard InChI is InChI=1S/C15H22N2/c1-13(15-7-3-2-4-8-15)11-17-9-5-6-14(10-16)12-17/h2-4,7-8,14H,1,5-6,9-12,16H2. The summed E-state index contributed by atoms with van der Waals surface area (Å²) in [5.41, 5.74) is 8.22. The van der Waals surface area contributed by atoms with Gasteiger partial charge in [0.15, 0.2) is 0 Å². The van der Waals surface area contributed by atoms with Gasteiger partial charge >= 0.3 is 0 Å². The largest absolute Gasteiger partial charge is 0.330 e. The number of rotatable bonds is 4. The van der Waals surface area contributed by atoms with E-state index >= 15 is 0 Å². The molecule has 0 bridgehead atoms. The van der Waals surface area contributed by atoms with Crippen LogP contribution in [0.15, 0.2) is 36.9 Å². The molecule has 0 spiro atoms. The summed E-state index contributed by atoms with van der Waals surface area (Å²) in [4.78, 5) is 2.48. The molecule has 2 rings (SSSR count). The normalized spacial score (nSPS) is 21.4. The molecule has 1 aliphatic heterocycles. The summed E-state index contributed by atoms with van der Waals surface area (Å²) in [5, 5.41) is 0. The van der Waals surface area contributed by atoms with Gasteiger partial charge in [-0.2, -0.15) is 0 Å². The Hall–Kier alpha value is -1.12. The molecular weight excluding hydrogens is 208 g/mol. The van der Waals surface area contributed by atoms with Crippen molar-refractivity contribution in [2.75, 3.05) is 26.2 Å². The zero-order valence-corrected chi connectivity index (χ0v) is 10.4. The summed E-state index contributed by atoms with van der Waals surface area (Å²) in [5.74, 6) is 0.673. The molecule has 2 N–H and O–H groups in total. The van der Waals surface area contributed by atoms with E-state index in [9.17, 15) is 0 Å². The summed E-state index contributed by atoms with van der Waals surface area (Å²) >= 11 is 0. The molecule has 1 aromatic rings. The van der Waals surface area contributed by atoms with Crippen molar-refractivity contribution >= 4 is 5.57 Å². The molecule has 1 aromatic carbocycles. The Balaban J connectivity index is 1.90. The first-order chi connectivity index (χ1) is 8.29. The van der Waals surface area contributed by atoms with E-state index in [1.165, 1.54) is 30.5 Å². The van der Waals surface area contributed by atoms with Crippen molar-refractivity contribution in [2.45, 2.75) is 12.8 Å². The molecule has 1 aliphatic rings. The number of hydrogen-bond acceptors (Lipinski definition) is 2. The van der Waals surface area contributed by atoms with Gasteiger partial charge in [-0.25, -0.2) is 0 Å². The van der Waals surface area contributed by atoms with Crippen LogP contribution in [0.2, 0.25) is 0 Å². The van der Waals surface area contributed by atoms with Crippen molar-refractivity contribution in [3.63, 3.8) is 0 Å². The van der Waals surface area contributed by atoms with Crippen molar-refractivity contribution in [1.82, 2.24) is 4.90 Å². The molecule has 1 heterocycles. The number of nitrogens with two attached hydrogens (primary N) is 1. The minimum atomic E-state index is 0.673. The van der Waals surface area contributed by atoms with Gasteiger partial charge in [-0.05, 0) is 43.0 Å². The number of nitrogens with zero attached hydrogens (tertiary/aromatic N) is 1. The molecule has 0 radical (unpaired) electrons. The minimum Gasteiger partial charge on any atom is -0.330 e. The lowest BCUT2D eigenvalue weighted by molar-refractivity contribution is 0.198. The number of likely N-dealkylation sites (tertiary alicyclic amines) is 1. The monoisotopic (exact) mass is 230 g/mol. The summed E-state index contributed by atoms with van der Waals surface area (Å²) < 4.78 is 0. The molecule has 92 valence electrons. The lowest BCUT2D eigenvalue weighted by Crippen LogP contribution is -2.39. The fraction of sp³-hybridized carbons (Fsp3) is 0.467. The third-order valence-electron chi connectivity index (χ3n) is 3.53. The van der Waals surface area contributed by atoms with Gasteiger partial charge in [0.2, 0.25) is 0 Å². The Kier molecular flexibility index (Phi) is 4.35. The van der Waals surface area contributed by atoms with E-state index in [-0.39, 0.29) is 0 Å². The smallest absolute Gasteiger partial charge is 0.0233 e. The zero-order valence-electron chi connectivity index (χ0n) is 10.4. The average Bonchev–Trinajstić information content (AvgIpc) is 2.40. The molecule has 1 saturated heterocycles. The highest BCUT2D eigenvalue weighted by Crippen LogP contribution is 2.19. The van der Waals surface area contributed by atoms with Crippen LogP contribution in [0.5, 0.6) is 0 Å². The first-order valence-electron chi connectivity index (χ1n) is 6.45. The molecule has 0 amide bonds. The molecule has 2 nitrogen and oxygen atoms in total. The van der Waals surface area contributed by atoms with Gasteiger partial charge in [0, 0.05) is 13.1 Å². The van der Waals surface area contributed by atoms with Crippen LogP contribution >= 0.6 is 0 Å². The molecule has 0 saturated carbocycles. The number of hydrogen-bond donors (Lipinski definition) is 1. The fourth-order valence-corrected chi connectivity index (χ4v) is 2.52. The van der Waals surface area contributed by atoms with E-state index in [0.717, 1.165) is 19.6 Å². The topological polar surface area (TPSA) is 29.3 Å². The molecule has 1 atom stereocenters. The van der Waals surface area contributed by atoms with Gasteiger partial charge in [-0.3, -0.25) is 4.90 Å². The second kappa shape index (κ2) is 5.99. The molecule has 0 aliphatic carbocycles. The van der Waals surface area contributed by atoms with Crippen molar-refractivity contribution in [1.29, 1.82) is 0 Å². The Morgan fingerprint density at radius 1 is 1.35 bits per heavy atom. The van der Waals surface area contributed by atoms with Crippen molar-refractivity contribution in [3.05, 3.63) is 42.5 Å². The number of piperidine rings is 1. The average molecular weight is 230 g/mol. The van der Waals surface area contributed by atoms with Crippen LogP contribution in [0.3, 0.4) is 0 Å². The maximum atomic E-state index is 5.76. The van der Waals surface area contributed by atoms with Crippen LogP contribution in [0.25, 0.3) is 5.57 Å². The second-order valence-electron chi connectivity index (χ2n) is 4.95. The van der Waals surface area contributed by atoms with Gasteiger partial charge in [0.1, 0.15) is 0 Å². The van der Waals surface area contributed by atoms with E-state index < -0.39 is 0 Å². The fourth-order valence-electron chi connectivity index (χ4n) is 2.52. The molecule has 2 heteroatoms. The van der Waals surface area contributed by atoms with Crippen LogP contribution in [0.1, 0.15) is 18.4 Å². The van der Waals surface area contributed by atoms with Gasteiger partial charge in [0.25, 0.3) is 0 Å². The summed E-state index contributed by atoms with van der Waals surface area (Å²) in [6.07, 6.45) is 2.55. The SMILES string of the molecule is C=C(CN1CCCC(CN)C1)c1ccccc1. The van der Waals surface area contributed by atoms with E-state index in [2.05, 4.69) is 35.7 Å². The highest BCUT2D eigenvalue weighted by molar-refractivity contribution is 5.64. The molecule has 1 unspecified atom stereocenters. The first-order valence-corrected chi connectivity index (χ1v) is 6.45. The third-order valence-corrected chi connectivity index (χ3v) is 3.53. The summed E-state index contributed by atoms with van der Waals surface area (Å²) in [7, 11) is 0. The van der Waals surface area contributed by atoms with Crippen molar-refractivity contribution in [2.24, 2.45) is 11.7 Å². The van der Waals surface area contributed by atoms with Gasteiger partial charge < -0.3 is 5.73 Å². The van der Waals surface area contributed by atoms with Crippen LogP contribution in [-0.2, 0) is 0 Å². The summed E-state index contributed by atoms with van der Waals surface area (Å²) in [6.45, 7) is 8.29. The quantitative estimate of drug-likeness (QED) is 0.860. The zero-order chi connectivity index (χ0) is 12.1. The van der Waals surface area contributed by atoms with Crippen molar-refractivity contribution in [3.8, 4) is 0 Å². The predicted molar refractivity (Wildman–Crippen MR) is 73.7 cm³/mol. The van der Waals surface area contributed by atoms with Crippen LogP contribution in [0.4, 0.5) is 0 Å². The van der Waals surface area contributed by atoms with Crippen LogP contribution < -0.4 is 5.73 Å². The lowest BCUT2D eigenvalue weighted by atomic mass is 9.97. The van der Waals surface area contributed by atoms with Gasteiger partial charge in [0.05, 0.1) is 0 Å². The second-order valence-corrected chi connectivity index (χ2v) is 4.95. The highest BCUT2D eigenvalue weighted by atomic mass is 15.1. The molecular formula is C15H22N2.